The van der Waals surface area contributed by atoms with Gasteiger partial charge in [-0.15, -0.1) is 0 Å². The second kappa shape index (κ2) is 27.7. The highest BCUT2D eigenvalue weighted by molar-refractivity contribution is 5.72. The number of ether oxygens (including phenoxy) is 4. The van der Waals surface area contributed by atoms with Crippen LogP contribution in [0.1, 0.15) is 260 Å². The normalized spacial score (nSPS) is 44.0. The van der Waals surface area contributed by atoms with Gasteiger partial charge in [-0.1, -0.05) is 40.5 Å². The first-order valence-electron chi connectivity index (χ1n) is 34.3. The molecule has 434 valence electrons. The van der Waals surface area contributed by atoms with Gasteiger partial charge in [0, 0.05) is 49.5 Å². The summed E-state index contributed by atoms with van der Waals surface area (Å²) in [6, 6.07) is 4.21. The van der Waals surface area contributed by atoms with Gasteiger partial charge >= 0.3 is 11.9 Å². The number of nitrogens with zero attached hydrogens (tertiary/aromatic N) is 2. The van der Waals surface area contributed by atoms with E-state index in [2.05, 4.69) is 37.5 Å². The van der Waals surface area contributed by atoms with Crippen LogP contribution in [0.5, 0.6) is 0 Å². The Morgan fingerprint density at radius 3 is 1.04 bits per heavy atom. The van der Waals surface area contributed by atoms with Crippen LogP contribution in [0, 0.1) is 82.9 Å². The summed E-state index contributed by atoms with van der Waals surface area (Å²) in [4.78, 5) is 33.5. The van der Waals surface area contributed by atoms with Crippen molar-refractivity contribution >= 4 is 11.9 Å². The number of unbranched alkanes of at least 4 members (excludes halogenated alkanes) is 2. The van der Waals surface area contributed by atoms with E-state index >= 15 is 0 Å². The van der Waals surface area contributed by atoms with Gasteiger partial charge in [0.25, 0.3) is 0 Å². The lowest BCUT2D eigenvalue weighted by Crippen LogP contribution is -2.67. The Bertz CT molecular complexity index is 1620. The van der Waals surface area contributed by atoms with Crippen molar-refractivity contribution in [2.45, 2.75) is 308 Å². The summed E-state index contributed by atoms with van der Waals surface area (Å²) in [7, 11) is 0. The van der Waals surface area contributed by atoms with Gasteiger partial charge in [0.05, 0.1) is 37.3 Å². The molecular formula is C68H116N2O6. The van der Waals surface area contributed by atoms with E-state index in [4.69, 9.17) is 18.9 Å². The van der Waals surface area contributed by atoms with E-state index in [0.29, 0.717) is 49.6 Å². The number of hydrogen-bond donors (Lipinski definition) is 0. The van der Waals surface area contributed by atoms with Crippen molar-refractivity contribution in [1.82, 2.24) is 9.80 Å². The van der Waals surface area contributed by atoms with Crippen molar-refractivity contribution in [3.8, 4) is 0 Å². The van der Waals surface area contributed by atoms with Crippen molar-refractivity contribution in [3.05, 3.63) is 0 Å². The van der Waals surface area contributed by atoms with Gasteiger partial charge < -0.3 is 18.9 Å². The van der Waals surface area contributed by atoms with Crippen LogP contribution >= 0.6 is 0 Å². The zero-order chi connectivity index (χ0) is 52.7. The second-order valence-corrected chi connectivity index (χ2v) is 28.7. The minimum Gasteiger partial charge on any atom is -0.466 e. The zero-order valence-electron chi connectivity index (χ0n) is 49.9. The van der Waals surface area contributed by atoms with Crippen molar-refractivity contribution in [2.24, 2.45) is 82.9 Å². The molecule has 10 aliphatic rings. The molecule has 10 rings (SSSR count). The molecule has 0 saturated heterocycles. The molecule has 10 fully saturated rings. The van der Waals surface area contributed by atoms with Gasteiger partial charge in [-0.25, -0.2) is 0 Å². The Morgan fingerprint density at radius 1 is 0.382 bits per heavy atom. The Morgan fingerprint density at radius 2 is 0.711 bits per heavy atom. The van der Waals surface area contributed by atoms with Gasteiger partial charge in [0.1, 0.15) is 0 Å². The predicted octanol–water partition coefficient (Wildman–Crippen LogP) is 15.8. The maximum Gasteiger partial charge on any atom is 0.308 e. The van der Waals surface area contributed by atoms with Crippen LogP contribution in [0.15, 0.2) is 0 Å². The molecule has 0 amide bonds. The van der Waals surface area contributed by atoms with Crippen molar-refractivity contribution in [2.75, 3.05) is 26.4 Å². The standard InChI is InChI=1S/C68H116N2O6/c1-7-11-41-75-55-33-29-53(30-34-55)69(51-25-13-45(5)14-26-51)63-43-61(47-17-21-49(22-18-47)67(71)73-9-3)57-38-40-60-64(70(52-27-15-46(6)16-28-52)54-31-35-56(36-32-54)76-42-12-8-2)44-62(58-37-39-59(63)65(57)66(58)60)48-19-23-50(24-20-48)68(72)74-10-4/h45-66H,7-44H2,1-6H3. The van der Waals surface area contributed by atoms with Crippen LogP contribution in [-0.4, -0.2) is 96.6 Å². The molecule has 76 heavy (non-hydrogen) atoms. The van der Waals surface area contributed by atoms with Crippen molar-refractivity contribution in [1.29, 1.82) is 0 Å². The highest BCUT2D eigenvalue weighted by Crippen LogP contribution is 2.67. The number of esters is 2. The summed E-state index contributed by atoms with van der Waals surface area (Å²) in [6.07, 6.45) is 44.8. The molecule has 0 aromatic rings. The molecule has 0 radical (unpaired) electrons. The van der Waals surface area contributed by atoms with Gasteiger partial charge in [-0.05, 0) is 290 Å². The van der Waals surface area contributed by atoms with E-state index in [1.807, 2.05) is 13.8 Å². The van der Waals surface area contributed by atoms with Gasteiger partial charge in [0.15, 0.2) is 0 Å². The van der Waals surface area contributed by atoms with Crippen LogP contribution in [0.3, 0.4) is 0 Å². The summed E-state index contributed by atoms with van der Waals surface area (Å²) in [5, 5.41) is 0. The molecule has 0 aliphatic heterocycles. The maximum absolute atomic E-state index is 13.3. The van der Waals surface area contributed by atoms with Crippen molar-refractivity contribution in [3.63, 3.8) is 0 Å². The molecule has 0 N–H and O–H groups in total. The predicted molar refractivity (Wildman–Crippen MR) is 308 cm³/mol. The Balaban J connectivity index is 1.02. The zero-order valence-corrected chi connectivity index (χ0v) is 49.9. The third-order valence-electron chi connectivity index (χ3n) is 24.6. The molecule has 8 nitrogen and oxygen atoms in total. The SMILES string of the molecule is CCCCOC1CCC(N(C2CCC(C)CC2)C2CC(C3CCC(C(=O)OCC)CC3)C3CCC4C5C(CCC2C35)C(C2CCC(C(=O)OCC)CC2)CC4N(C2CCC(C)CC2)C2CCC(OCCCC)CC2)CC1. The molecule has 0 aromatic carbocycles. The molecule has 0 heterocycles. The first-order valence-corrected chi connectivity index (χ1v) is 34.3. The van der Waals surface area contributed by atoms with Gasteiger partial charge in [0.2, 0.25) is 0 Å². The number of carbonyl (C=O) groups excluding carboxylic acids is 2. The first-order chi connectivity index (χ1) is 37.2. The summed E-state index contributed by atoms with van der Waals surface area (Å²) in [5.41, 5.74) is 0. The van der Waals surface area contributed by atoms with Gasteiger partial charge in [-0.2, -0.15) is 0 Å². The molecule has 10 unspecified atom stereocenters. The number of carbonyl (C=O) groups is 2. The van der Waals surface area contributed by atoms with E-state index in [-0.39, 0.29) is 23.8 Å². The fourth-order valence-corrected chi connectivity index (χ4v) is 20.9. The molecular weight excluding hydrogens is 941 g/mol. The molecule has 0 bridgehead atoms. The highest BCUT2D eigenvalue weighted by Gasteiger charge is 2.63. The lowest BCUT2D eigenvalue weighted by atomic mass is 9.41. The smallest absolute Gasteiger partial charge is 0.308 e. The largest absolute Gasteiger partial charge is 0.466 e. The average Bonchev–Trinajstić information content (AvgIpc) is 3.50. The van der Waals surface area contributed by atoms with Crippen LogP contribution in [0.25, 0.3) is 0 Å². The van der Waals surface area contributed by atoms with Crippen LogP contribution in [-0.2, 0) is 28.5 Å². The number of hydrogen-bond acceptors (Lipinski definition) is 8. The highest BCUT2D eigenvalue weighted by atomic mass is 16.5. The quantitative estimate of drug-likeness (QED) is 0.0882. The Hall–Kier alpha value is -1.22. The summed E-state index contributed by atoms with van der Waals surface area (Å²) < 4.78 is 24.7. The Labute approximate surface area is 465 Å². The molecule has 10 atom stereocenters. The van der Waals surface area contributed by atoms with E-state index in [0.717, 1.165) is 122 Å². The molecule has 10 aliphatic carbocycles. The monoisotopic (exact) mass is 1060 g/mol. The first kappa shape index (κ1) is 58.0. The van der Waals surface area contributed by atoms with Crippen LogP contribution in [0.2, 0.25) is 0 Å². The minimum absolute atomic E-state index is 0.0789. The van der Waals surface area contributed by atoms with Crippen LogP contribution in [0.4, 0.5) is 0 Å². The van der Waals surface area contributed by atoms with Crippen molar-refractivity contribution < 1.29 is 28.5 Å². The molecule has 0 aromatic heterocycles. The van der Waals surface area contributed by atoms with E-state index < -0.39 is 0 Å². The fraction of sp³-hybridized carbons (Fsp3) is 0.971. The van der Waals surface area contributed by atoms with Crippen LogP contribution < -0.4 is 0 Å². The Kier molecular flexibility index (Phi) is 21.1. The molecule has 8 heteroatoms. The summed E-state index contributed by atoms with van der Waals surface area (Å²) >= 11 is 0. The summed E-state index contributed by atoms with van der Waals surface area (Å²) in [6.45, 7) is 16.5. The topological polar surface area (TPSA) is 77.5 Å². The third kappa shape index (κ3) is 13.2. The molecule has 0 spiro atoms. The van der Waals surface area contributed by atoms with E-state index in [1.54, 1.807) is 0 Å². The summed E-state index contributed by atoms with van der Waals surface area (Å²) in [5.74, 6) is 9.96. The maximum atomic E-state index is 13.3. The minimum atomic E-state index is 0.0789. The van der Waals surface area contributed by atoms with Gasteiger partial charge in [-0.3, -0.25) is 19.4 Å². The lowest BCUT2D eigenvalue weighted by Gasteiger charge is -2.68. The van der Waals surface area contributed by atoms with E-state index in [1.165, 1.54) is 193 Å². The second-order valence-electron chi connectivity index (χ2n) is 28.7. The number of rotatable bonds is 20. The fourth-order valence-electron chi connectivity index (χ4n) is 20.9. The van der Waals surface area contributed by atoms with E-state index in [9.17, 15) is 9.59 Å². The lowest BCUT2D eigenvalue weighted by molar-refractivity contribution is -0.191. The third-order valence-corrected chi connectivity index (χ3v) is 24.6. The molecule has 10 saturated carbocycles. The average molecular weight is 1060 g/mol.